The lowest BCUT2D eigenvalue weighted by atomic mass is 9.88. The van der Waals surface area contributed by atoms with Gasteiger partial charge in [-0.15, -0.1) is 0 Å². The van der Waals surface area contributed by atoms with Crippen molar-refractivity contribution >= 4 is 0 Å². The topological polar surface area (TPSA) is 68.1 Å². The number of benzene rings is 3. The van der Waals surface area contributed by atoms with E-state index in [-0.39, 0.29) is 5.75 Å². The standard InChI is InChI=1S/C34H37N3O2/c1-2-23-21-26(29-17-9-16-28(23)29)15-10-20-39-27-18-19-30(31(38)22-27)34-36-32(24-11-5-3-6-12-24)35-33(37-34)25-13-7-4-8-14-25/h3-8,11-14,18-19,22-23,26,28-29,38H,2,9-10,15-17,20-21H2,1H3. The van der Waals surface area contributed by atoms with E-state index in [0.717, 1.165) is 41.2 Å². The Morgan fingerprint density at radius 3 is 2.00 bits per heavy atom. The van der Waals surface area contributed by atoms with Gasteiger partial charge in [0, 0.05) is 17.2 Å². The quantitative estimate of drug-likeness (QED) is 0.226. The Balaban J connectivity index is 1.16. The van der Waals surface area contributed by atoms with Gasteiger partial charge in [0.25, 0.3) is 0 Å². The van der Waals surface area contributed by atoms with Crippen molar-refractivity contribution in [1.29, 1.82) is 0 Å². The molecule has 5 nitrogen and oxygen atoms in total. The van der Waals surface area contributed by atoms with Crippen LogP contribution < -0.4 is 4.74 Å². The number of aromatic hydroxyl groups is 1. The molecule has 5 heteroatoms. The van der Waals surface area contributed by atoms with Crippen molar-refractivity contribution < 1.29 is 9.84 Å². The van der Waals surface area contributed by atoms with E-state index in [4.69, 9.17) is 19.7 Å². The lowest BCUT2D eigenvalue weighted by molar-refractivity contribution is 0.267. The Morgan fingerprint density at radius 1 is 0.769 bits per heavy atom. The number of phenolic OH excluding ortho intramolecular Hbond substituents is 1. The van der Waals surface area contributed by atoms with Gasteiger partial charge < -0.3 is 9.84 Å². The van der Waals surface area contributed by atoms with E-state index in [1.807, 2.05) is 72.8 Å². The molecular formula is C34H37N3O2. The summed E-state index contributed by atoms with van der Waals surface area (Å²) in [5.41, 5.74) is 2.35. The minimum Gasteiger partial charge on any atom is -0.507 e. The summed E-state index contributed by atoms with van der Waals surface area (Å²) >= 11 is 0. The number of rotatable bonds is 9. The molecule has 3 aromatic carbocycles. The van der Waals surface area contributed by atoms with Gasteiger partial charge in [-0.3, -0.25) is 0 Å². The number of ether oxygens (including phenoxy) is 1. The second kappa shape index (κ2) is 11.6. The minimum atomic E-state index is 0.104. The van der Waals surface area contributed by atoms with Crippen molar-refractivity contribution in [2.45, 2.75) is 51.9 Å². The maximum atomic E-state index is 11.0. The SMILES string of the molecule is CCC1CC(CCCOc2ccc(-c3nc(-c4ccccc4)nc(-c4ccccc4)n3)c(O)c2)C2CCCC12. The fraction of sp³-hybridized carbons (Fsp3) is 0.382. The molecule has 1 heterocycles. The molecular weight excluding hydrogens is 482 g/mol. The van der Waals surface area contributed by atoms with Crippen LogP contribution >= 0.6 is 0 Å². The van der Waals surface area contributed by atoms with E-state index in [1.54, 1.807) is 6.07 Å². The molecule has 1 aromatic heterocycles. The summed E-state index contributed by atoms with van der Waals surface area (Å²) < 4.78 is 6.07. The Hall–Kier alpha value is -3.73. The number of hydrogen-bond donors (Lipinski definition) is 1. The third-order valence-corrected chi connectivity index (χ3v) is 8.86. The van der Waals surface area contributed by atoms with Gasteiger partial charge in [0.2, 0.25) is 0 Å². The zero-order chi connectivity index (χ0) is 26.6. The zero-order valence-electron chi connectivity index (χ0n) is 22.7. The maximum Gasteiger partial charge on any atom is 0.167 e. The Labute approximate surface area is 231 Å². The van der Waals surface area contributed by atoms with Crippen LogP contribution in [-0.4, -0.2) is 26.7 Å². The molecule has 2 fully saturated rings. The Morgan fingerprint density at radius 2 is 1.38 bits per heavy atom. The van der Waals surface area contributed by atoms with Gasteiger partial charge in [0.05, 0.1) is 12.2 Å². The lowest BCUT2D eigenvalue weighted by Crippen LogP contribution is -2.11. The minimum absolute atomic E-state index is 0.104. The summed E-state index contributed by atoms with van der Waals surface area (Å²) in [7, 11) is 0. The van der Waals surface area contributed by atoms with Gasteiger partial charge in [-0.25, -0.2) is 15.0 Å². The lowest BCUT2D eigenvalue weighted by Gasteiger charge is -2.18. The first-order chi connectivity index (χ1) is 19.2. The molecule has 4 aromatic rings. The Kier molecular flexibility index (Phi) is 7.57. The molecule has 0 saturated heterocycles. The molecule has 200 valence electrons. The van der Waals surface area contributed by atoms with Crippen LogP contribution in [0.4, 0.5) is 0 Å². The highest BCUT2D eigenvalue weighted by Crippen LogP contribution is 2.53. The van der Waals surface area contributed by atoms with Crippen LogP contribution in [-0.2, 0) is 0 Å². The third kappa shape index (κ3) is 5.54. The van der Waals surface area contributed by atoms with Gasteiger partial charge >= 0.3 is 0 Å². The van der Waals surface area contributed by atoms with Gasteiger partial charge in [-0.1, -0.05) is 80.4 Å². The number of fused-ring (bicyclic) bond motifs is 1. The predicted molar refractivity (Wildman–Crippen MR) is 155 cm³/mol. The fourth-order valence-electron chi connectivity index (χ4n) is 6.98. The molecule has 2 saturated carbocycles. The van der Waals surface area contributed by atoms with E-state index >= 15 is 0 Å². The van der Waals surface area contributed by atoms with E-state index in [0.29, 0.717) is 35.4 Å². The monoisotopic (exact) mass is 519 g/mol. The highest BCUT2D eigenvalue weighted by atomic mass is 16.5. The molecule has 2 aliphatic rings. The van der Waals surface area contributed by atoms with Crippen LogP contribution in [0.2, 0.25) is 0 Å². The smallest absolute Gasteiger partial charge is 0.167 e. The van der Waals surface area contributed by atoms with Crippen LogP contribution in [0.15, 0.2) is 78.9 Å². The van der Waals surface area contributed by atoms with Crippen LogP contribution in [0.1, 0.15) is 51.9 Å². The maximum absolute atomic E-state index is 11.0. The first-order valence-electron chi connectivity index (χ1n) is 14.5. The molecule has 6 rings (SSSR count). The molecule has 0 aliphatic heterocycles. The summed E-state index contributed by atoms with van der Waals surface area (Å²) in [5.74, 6) is 6.08. The number of hydrogen-bond acceptors (Lipinski definition) is 5. The third-order valence-electron chi connectivity index (χ3n) is 8.86. The fourth-order valence-corrected chi connectivity index (χ4v) is 6.98. The largest absolute Gasteiger partial charge is 0.507 e. The summed E-state index contributed by atoms with van der Waals surface area (Å²) in [6, 6.07) is 25.1. The van der Waals surface area contributed by atoms with E-state index in [2.05, 4.69) is 6.92 Å². The first-order valence-corrected chi connectivity index (χ1v) is 14.5. The summed E-state index contributed by atoms with van der Waals surface area (Å²) in [4.78, 5) is 14.2. The van der Waals surface area contributed by atoms with Crippen molar-refractivity contribution in [3.63, 3.8) is 0 Å². The number of phenols is 1. The van der Waals surface area contributed by atoms with Crippen molar-refractivity contribution in [2.75, 3.05) is 6.61 Å². The van der Waals surface area contributed by atoms with Gasteiger partial charge in [-0.05, 0) is 67.9 Å². The molecule has 2 aliphatic carbocycles. The van der Waals surface area contributed by atoms with Gasteiger partial charge in [-0.2, -0.15) is 0 Å². The van der Waals surface area contributed by atoms with Crippen molar-refractivity contribution in [3.8, 4) is 45.7 Å². The van der Waals surface area contributed by atoms with Crippen LogP contribution in [0.3, 0.4) is 0 Å². The van der Waals surface area contributed by atoms with Crippen molar-refractivity contribution in [3.05, 3.63) is 78.9 Å². The molecule has 0 amide bonds. The highest BCUT2D eigenvalue weighted by Gasteiger charge is 2.43. The van der Waals surface area contributed by atoms with Gasteiger partial charge in [0.15, 0.2) is 17.5 Å². The normalized spacial score (nSPS) is 22.1. The molecule has 0 spiro atoms. The van der Waals surface area contributed by atoms with Crippen molar-refractivity contribution in [1.82, 2.24) is 15.0 Å². The van der Waals surface area contributed by atoms with Crippen LogP contribution in [0.5, 0.6) is 11.5 Å². The average molecular weight is 520 g/mol. The molecule has 1 N–H and O–H groups in total. The number of aromatic nitrogens is 3. The molecule has 4 atom stereocenters. The van der Waals surface area contributed by atoms with Crippen molar-refractivity contribution in [2.24, 2.45) is 23.7 Å². The molecule has 0 bridgehead atoms. The second-order valence-electron chi connectivity index (χ2n) is 11.1. The predicted octanol–water partition coefficient (Wildman–Crippen LogP) is 8.20. The van der Waals surface area contributed by atoms with Crippen LogP contribution in [0, 0.1) is 23.7 Å². The average Bonchev–Trinajstić information content (AvgIpc) is 3.60. The molecule has 4 unspecified atom stereocenters. The van der Waals surface area contributed by atoms with Crippen LogP contribution in [0.25, 0.3) is 34.2 Å². The summed E-state index contributed by atoms with van der Waals surface area (Å²) in [6.45, 7) is 3.04. The zero-order valence-corrected chi connectivity index (χ0v) is 22.7. The second-order valence-corrected chi connectivity index (χ2v) is 11.1. The van der Waals surface area contributed by atoms with Gasteiger partial charge in [0.1, 0.15) is 11.5 Å². The first kappa shape index (κ1) is 25.5. The van der Waals surface area contributed by atoms with E-state index < -0.39 is 0 Å². The Bertz CT molecular complexity index is 1330. The highest BCUT2D eigenvalue weighted by molar-refractivity contribution is 5.70. The summed E-state index contributed by atoms with van der Waals surface area (Å²) in [5, 5.41) is 11.0. The molecule has 0 radical (unpaired) electrons. The van der Waals surface area contributed by atoms with E-state index in [9.17, 15) is 5.11 Å². The number of nitrogens with zero attached hydrogens (tertiary/aromatic N) is 3. The van der Waals surface area contributed by atoms with E-state index in [1.165, 1.54) is 38.5 Å². The summed E-state index contributed by atoms with van der Waals surface area (Å²) in [6.07, 6.45) is 9.34. The molecule has 39 heavy (non-hydrogen) atoms.